The zero-order valence-corrected chi connectivity index (χ0v) is 20.1. The molecule has 34 heavy (non-hydrogen) atoms. The molecule has 0 spiro atoms. The second kappa shape index (κ2) is 9.21. The first-order valence-corrected chi connectivity index (χ1v) is 11.7. The Morgan fingerprint density at radius 3 is 2.62 bits per heavy atom. The Morgan fingerprint density at radius 1 is 1.18 bits per heavy atom. The van der Waals surface area contributed by atoms with Crippen LogP contribution >= 0.6 is 23.2 Å². The molecule has 2 N–H and O–H groups in total. The van der Waals surface area contributed by atoms with Crippen molar-refractivity contribution in [2.24, 2.45) is 0 Å². The molecule has 1 fully saturated rings. The van der Waals surface area contributed by atoms with Gasteiger partial charge in [0.1, 0.15) is 0 Å². The Hall–Kier alpha value is -3.20. The smallest absolute Gasteiger partial charge is 0.266 e. The highest BCUT2D eigenvalue weighted by molar-refractivity contribution is 6.37. The fourth-order valence-electron chi connectivity index (χ4n) is 4.18. The quantitative estimate of drug-likeness (QED) is 0.405. The number of para-hydroxylation sites is 1. The van der Waals surface area contributed by atoms with E-state index in [0.29, 0.717) is 44.2 Å². The number of pyridine rings is 1. The van der Waals surface area contributed by atoms with Gasteiger partial charge >= 0.3 is 0 Å². The Balaban J connectivity index is 1.55. The zero-order valence-electron chi connectivity index (χ0n) is 18.6. The standard InChI is InChI=1S/C24H23Cl2N7O/c1-14(2)18-13-32(22-19(25)4-3-5-20(22)26)23(34)17-11-28-24(31-21(17)18)30-15-10-29-33(12-15)16-6-8-27-9-7-16/h3-5,10-13,16,27H,1,6-9H2,2H3,(H,28,30,31). The van der Waals surface area contributed by atoms with Crippen molar-refractivity contribution in [3.63, 3.8) is 0 Å². The molecule has 0 amide bonds. The lowest BCUT2D eigenvalue weighted by atomic mass is 10.1. The van der Waals surface area contributed by atoms with Crippen LogP contribution in [-0.2, 0) is 0 Å². The van der Waals surface area contributed by atoms with Crippen LogP contribution in [0, 0.1) is 0 Å². The first kappa shape index (κ1) is 22.6. The number of fused-ring (bicyclic) bond motifs is 1. The van der Waals surface area contributed by atoms with E-state index in [1.165, 1.54) is 10.8 Å². The van der Waals surface area contributed by atoms with E-state index in [9.17, 15) is 4.79 Å². The van der Waals surface area contributed by atoms with E-state index in [1.54, 1.807) is 30.6 Å². The Labute approximate surface area is 206 Å². The normalized spacial score (nSPS) is 14.4. The van der Waals surface area contributed by atoms with Gasteiger partial charge in [0, 0.05) is 24.2 Å². The van der Waals surface area contributed by atoms with Gasteiger partial charge in [0.2, 0.25) is 5.95 Å². The maximum Gasteiger partial charge on any atom is 0.266 e. The van der Waals surface area contributed by atoms with Crippen molar-refractivity contribution in [3.8, 4) is 5.69 Å². The molecule has 1 aliphatic rings. The largest absolute Gasteiger partial charge is 0.321 e. The number of hydrogen-bond donors (Lipinski definition) is 2. The minimum absolute atomic E-state index is 0.319. The number of halogens is 2. The number of nitrogens with one attached hydrogen (secondary N) is 2. The Bertz CT molecular complexity index is 1430. The van der Waals surface area contributed by atoms with Gasteiger partial charge in [-0.15, -0.1) is 0 Å². The molecule has 5 rings (SSSR count). The summed E-state index contributed by atoms with van der Waals surface area (Å²) in [6.07, 6.45) is 8.98. The number of nitrogens with zero attached hydrogens (tertiary/aromatic N) is 5. The van der Waals surface area contributed by atoms with E-state index in [1.807, 2.05) is 17.8 Å². The summed E-state index contributed by atoms with van der Waals surface area (Å²) in [4.78, 5) is 22.4. The SMILES string of the molecule is C=C(C)c1cn(-c2c(Cl)cccc2Cl)c(=O)c2cnc(Nc3cnn(C4CCNCC4)c3)nc12. The molecular weight excluding hydrogens is 473 g/mol. The molecule has 1 aliphatic heterocycles. The molecule has 0 aliphatic carbocycles. The zero-order chi connectivity index (χ0) is 23.8. The molecule has 1 aromatic carbocycles. The average molecular weight is 496 g/mol. The van der Waals surface area contributed by atoms with Crippen molar-refractivity contribution < 1.29 is 0 Å². The van der Waals surface area contributed by atoms with Gasteiger partial charge in [0.15, 0.2) is 0 Å². The molecule has 4 aromatic rings. The maximum absolute atomic E-state index is 13.4. The number of rotatable bonds is 5. The number of aromatic nitrogens is 5. The summed E-state index contributed by atoms with van der Waals surface area (Å²) in [5.41, 5.74) is 2.81. The molecule has 0 bridgehead atoms. The number of hydrogen-bond acceptors (Lipinski definition) is 6. The third kappa shape index (κ3) is 4.20. The van der Waals surface area contributed by atoms with Crippen LogP contribution in [0.4, 0.5) is 11.6 Å². The van der Waals surface area contributed by atoms with Gasteiger partial charge in [0.05, 0.1) is 44.6 Å². The highest BCUT2D eigenvalue weighted by Gasteiger charge is 2.18. The van der Waals surface area contributed by atoms with Gasteiger partial charge in [-0.25, -0.2) is 9.97 Å². The van der Waals surface area contributed by atoms with Crippen molar-refractivity contribution in [1.29, 1.82) is 0 Å². The summed E-state index contributed by atoms with van der Waals surface area (Å²) in [7, 11) is 0. The second-order valence-electron chi connectivity index (χ2n) is 8.34. The highest BCUT2D eigenvalue weighted by Crippen LogP contribution is 2.30. The molecular formula is C24H23Cl2N7O. The summed E-state index contributed by atoms with van der Waals surface area (Å²) in [6, 6.07) is 5.48. The number of anilines is 2. The minimum atomic E-state index is -0.319. The van der Waals surface area contributed by atoms with E-state index < -0.39 is 0 Å². The number of piperidine rings is 1. The Morgan fingerprint density at radius 2 is 1.91 bits per heavy atom. The van der Waals surface area contributed by atoms with Crippen molar-refractivity contribution >= 4 is 51.3 Å². The fourth-order valence-corrected chi connectivity index (χ4v) is 4.76. The molecule has 8 nitrogen and oxygen atoms in total. The monoisotopic (exact) mass is 495 g/mol. The van der Waals surface area contributed by atoms with E-state index in [0.717, 1.165) is 37.2 Å². The summed E-state index contributed by atoms with van der Waals surface area (Å²) in [5, 5.41) is 12.1. The lowest BCUT2D eigenvalue weighted by Crippen LogP contribution is -2.29. The minimum Gasteiger partial charge on any atom is -0.321 e. The average Bonchev–Trinajstić information content (AvgIpc) is 3.29. The van der Waals surface area contributed by atoms with E-state index >= 15 is 0 Å². The van der Waals surface area contributed by atoms with Gasteiger partial charge < -0.3 is 10.6 Å². The van der Waals surface area contributed by atoms with Crippen LogP contribution in [0.3, 0.4) is 0 Å². The van der Waals surface area contributed by atoms with Crippen molar-refractivity contribution in [2.75, 3.05) is 18.4 Å². The molecule has 10 heteroatoms. The lowest BCUT2D eigenvalue weighted by molar-refractivity contribution is 0.343. The van der Waals surface area contributed by atoms with Crippen LogP contribution in [-0.4, -0.2) is 37.4 Å². The number of benzene rings is 1. The van der Waals surface area contributed by atoms with Crippen molar-refractivity contribution in [2.45, 2.75) is 25.8 Å². The first-order valence-electron chi connectivity index (χ1n) is 11.0. The molecule has 4 heterocycles. The van der Waals surface area contributed by atoms with Crippen LogP contribution in [0.2, 0.25) is 10.0 Å². The Kier molecular flexibility index (Phi) is 6.12. The van der Waals surface area contributed by atoms with Crippen LogP contribution in [0.25, 0.3) is 22.2 Å². The summed E-state index contributed by atoms with van der Waals surface area (Å²) in [5.74, 6) is 0.368. The van der Waals surface area contributed by atoms with Crippen LogP contribution in [0.1, 0.15) is 31.4 Å². The third-order valence-electron chi connectivity index (χ3n) is 5.93. The van der Waals surface area contributed by atoms with E-state index in [2.05, 4.69) is 32.3 Å². The van der Waals surface area contributed by atoms with E-state index in [4.69, 9.17) is 23.2 Å². The van der Waals surface area contributed by atoms with Gasteiger partial charge in [-0.1, -0.05) is 35.8 Å². The predicted octanol–water partition coefficient (Wildman–Crippen LogP) is 4.99. The molecule has 1 saturated heterocycles. The maximum atomic E-state index is 13.4. The summed E-state index contributed by atoms with van der Waals surface area (Å²) < 4.78 is 3.41. The summed E-state index contributed by atoms with van der Waals surface area (Å²) >= 11 is 12.7. The molecule has 3 aromatic heterocycles. The van der Waals surface area contributed by atoms with Crippen LogP contribution in [0.5, 0.6) is 0 Å². The number of allylic oxidation sites excluding steroid dienone is 1. The predicted molar refractivity (Wildman–Crippen MR) is 137 cm³/mol. The van der Waals surface area contributed by atoms with Gasteiger partial charge in [-0.3, -0.25) is 14.0 Å². The van der Waals surface area contributed by atoms with Crippen molar-refractivity contribution in [1.82, 2.24) is 29.6 Å². The fraction of sp³-hybridized carbons (Fsp3) is 0.250. The third-order valence-corrected chi connectivity index (χ3v) is 6.54. The topological polar surface area (TPSA) is 89.7 Å². The molecule has 0 unspecified atom stereocenters. The van der Waals surface area contributed by atoms with Gasteiger partial charge in [0.25, 0.3) is 5.56 Å². The van der Waals surface area contributed by atoms with Crippen molar-refractivity contribution in [3.05, 3.63) is 75.5 Å². The first-order chi connectivity index (χ1) is 16.4. The van der Waals surface area contributed by atoms with Gasteiger partial charge in [-0.05, 0) is 50.6 Å². The molecule has 174 valence electrons. The highest BCUT2D eigenvalue weighted by atomic mass is 35.5. The second-order valence-corrected chi connectivity index (χ2v) is 9.15. The van der Waals surface area contributed by atoms with E-state index in [-0.39, 0.29) is 5.56 Å². The summed E-state index contributed by atoms with van der Waals surface area (Å²) in [6.45, 7) is 7.91. The molecule has 0 radical (unpaired) electrons. The van der Waals surface area contributed by atoms with Crippen LogP contribution in [0.15, 0.2) is 54.4 Å². The lowest BCUT2D eigenvalue weighted by Gasteiger charge is -2.22. The molecule has 0 atom stereocenters. The van der Waals surface area contributed by atoms with Gasteiger partial charge in [-0.2, -0.15) is 5.10 Å². The molecule has 0 saturated carbocycles. The van der Waals surface area contributed by atoms with Crippen LogP contribution < -0.4 is 16.2 Å².